The standard InChI is InChI=1S/C32H24FN7OS/c1-18(41)24-10-11-25(42-24)22-12-13-35-31-28(22)37-32(38-31)29-26-27(33)23(17-36-30(26)40-39-29)21-14-20(15-34-16-21)9-5-8-19-6-3-2-4-7-19/h2-4,6-7,10-17H,5,8-9H2,1H3,(H,35,37,38)(H,36,39,40). The number of aromatic nitrogens is 7. The molecule has 7 rings (SSSR count). The Bertz CT molecular complexity index is 2080. The summed E-state index contributed by atoms with van der Waals surface area (Å²) in [6.07, 6.45) is 9.42. The molecule has 206 valence electrons. The summed E-state index contributed by atoms with van der Waals surface area (Å²) < 4.78 is 16.2. The zero-order valence-corrected chi connectivity index (χ0v) is 23.4. The van der Waals surface area contributed by atoms with E-state index in [1.54, 1.807) is 25.4 Å². The number of ketones is 1. The molecule has 0 unspecified atom stereocenters. The molecule has 0 aliphatic rings. The number of nitrogens with zero attached hydrogens (tertiary/aromatic N) is 5. The first-order valence-corrected chi connectivity index (χ1v) is 14.3. The maximum atomic E-state index is 16.2. The van der Waals surface area contributed by atoms with Gasteiger partial charge in [-0.3, -0.25) is 14.9 Å². The number of nitrogens with one attached hydrogen (secondary N) is 2. The van der Waals surface area contributed by atoms with Gasteiger partial charge in [-0.25, -0.2) is 19.3 Å². The highest BCUT2D eigenvalue weighted by Crippen LogP contribution is 2.36. The number of hydrogen-bond donors (Lipinski definition) is 2. The van der Waals surface area contributed by atoms with E-state index in [9.17, 15) is 4.79 Å². The first-order chi connectivity index (χ1) is 20.5. The van der Waals surface area contributed by atoms with Crippen molar-refractivity contribution in [3.05, 3.63) is 101 Å². The molecule has 0 saturated heterocycles. The Labute approximate surface area is 243 Å². The third-order valence-corrected chi connectivity index (χ3v) is 8.45. The number of carbonyl (C=O) groups is 1. The number of imidazole rings is 1. The number of carbonyl (C=O) groups excluding carboxylic acids is 1. The van der Waals surface area contributed by atoms with Crippen molar-refractivity contribution in [1.82, 2.24) is 35.1 Å². The summed E-state index contributed by atoms with van der Waals surface area (Å²) in [5.74, 6) is -0.0795. The van der Waals surface area contributed by atoms with Gasteiger partial charge in [0.1, 0.15) is 17.0 Å². The van der Waals surface area contributed by atoms with E-state index in [0.29, 0.717) is 44.3 Å². The molecule has 0 spiro atoms. The van der Waals surface area contributed by atoms with Crippen molar-refractivity contribution < 1.29 is 9.18 Å². The van der Waals surface area contributed by atoms with E-state index < -0.39 is 5.82 Å². The summed E-state index contributed by atoms with van der Waals surface area (Å²) >= 11 is 1.40. The van der Waals surface area contributed by atoms with Gasteiger partial charge in [0, 0.05) is 46.4 Å². The number of Topliss-reactive ketones (excluding diaryl/α,β-unsaturated/α-hetero) is 1. The van der Waals surface area contributed by atoms with E-state index in [-0.39, 0.29) is 11.2 Å². The smallest absolute Gasteiger partial charge is 0.169 e. The van der Waals surface area contributed by atoms with Gasteiger partial charge in [0.05, 0.1) is 10.3 Å². The molecule has 0 radical (unpaired) electrons. The summed E-state index contributed by atoms with van der Waals surface area (Å²) in [6.45, 7) is 1.54. The minimum Gasteiger partial charge on any atom is -0.321 e. The van der Waals surface area contributed by atoms with Crippen molar-refractivity contribution in [1.29, 1.82) is 0 Å². The van der Waals surface area contributed by atoms with Crippen LogP contribution in [0.25, 0.3) is 55.3 Å². The molecule has 0 aliphatic carbocycles. The number of pyridine rings is 3. The Kier molecular flexibility index (Phi) is 6.59. The molecule has 1 aromatic carbocycles. The SMILES string of the molecule is CC(=O)c1ccc(-c2ccnc3[nH]c(-c4n[nH]c5ncc(-c6cncc(CCCc7ccccc7)c6)c(F)c45)nc23)s1. The summed E-state index contributed by atoms with van der Waals surface area (Å²) in [4.78, 5) is 34.6. The quantitative estimate of drug-likeness (QED) is 0.186. The van der Waals surface area contributed by atoms with Crippen LogP contribution in [0, 0.1) is 5.82 Å². The second-order valence-electron chi connectivity index (χ2n) is 10.1. The molecule has 0 amide bonds. The highest BCUT2D eigenvalue weighted by atomic mass is 32.1. The lowest BCUT2D eigenvalue weighted by molar-refractivity contribution is 0.102. The molecule has 0 saturated carbocycles. The molecule has 0 bridgehead atoms. The number of benzene rings is 1. The summed E-state index contributed by atoms with van der Waals surface area (Å²) in [5.41, 5.74) is 5.91. The highest BCUT2D eigenvalue weighted by molar-refractivity contribution is 7.17. The number of rotatable bonds is 8. The number of hydrogen-bond acceptors (Lipinski definition) is 7. The lowest BCUT2D eigenvalue weighted by Crippen LogP contribution is -1.94. The van der Waals surface area contributed by atoms with E-state index >= 15 is 4.39 Å². The molecule has 2 N–H and O–H groups in total. The first-order valence-electron chi connectivity index (χ1n) is 13.5. The van der Waals surface area contributed by atoms with Gasteiger partial charge in [-0.15, -0.1) is 11.3 Å². The fourth-order valence-electron chi connectivity index (χ4n) is 5.13. The average Bonchev–Trinajstić information content (AvgIpc) is 3.76. The number of H-pyrrole nitrogens is 2. The number of halogens is 1. The van der Waals surface area contributed by atoms with Crippen LogP contribution < -0.4 is 0 Å². The van der Waals surface area contributed by atoms with Crippen molar-refractivity contribution in [2.45, 2.75) is 26.2 Å². The fourth-order valence-corrected chi connectivity index (χ4v) is 6.06. The molecule has 0 aliphatic heterocycles. The second kappa shape index (κ2) is 10.7. The van der Waals surface area contributed by atoms with Crippen LogP contribution in [0.3, 0.4) is 0 Å². The van der Waals surface area contributed by atoms with E-state index in [4.69, 9.17) is 4.98 Å². The normalized spacial score (nSPS) is 11.5. The first kappa shape index (κ1) is 25.8. The zero-order chi connectivity index (χ0) is 28.6. The van der Waals surface area contributed by atoms with Crippen LogP contribution in [0.4, 0.5) is 4.39 Å². The lowest BCUT2D eigenvalue weighted by Gasteiger charge is -2.07. The van der Waals surface area contributed by atoms with Crippen LogP contribution >= 0.6 is 11.3 Å². The minimum absolute atomic E-state index is 0.00830. The molecule has 10 heteroatoms. The predicted octanol–water partition coefficient (Wildman–Crippen LogP) is 7.20. The van der Waals surface area contributed by atoms with Crippen molar-refractivity contribution in [2.24, 2.45) is 0 Å². The van der Waals surface area contributed by atoms with Gasteiger partial charge in [0.2, 0.25) is 0 Å². The monoisotopic (exact) mass is 573 g/mol. The maximum absolute atomic E-state index is 16.2. The molecule has 7 aromatic rings. The third kappa shape index (κ3) is 4.75. The molecule has 6 aromatic heterocycles. The number of fused-ring (bicyclic) bond motifs is 2. The van der Waals surface area contributed by atoms with Crippen LogP contribution in [0.2, 0.25) is 0 Å². The number of thiophene rings is 1. The Morgan fingerprint density at radius 1 is 0.929 bits per heavy atom. The summed E-state index contributed by atoms with van der Waals surface area (Å²) in [7, 11) is 0. The molecule has 0 atom stereocenters. The van der Waals surface area contributed by atoms with Gasteiger partial charge >= 0.3 is 0 Å². The zero-order valence-electron chi connectivity index (χ0n) is 22.6. The van der Waals surface area contributed by atoms with E-state index in [1.165, 1.54) is 23.1 Å². The van der Waals surface area contributed by atoms with Crippen LogP contribution in [0.1, 0.15) is 34.1 Å². The van der Waals surface area contributed by atoms with Crippen LogP contribution in [0.5, 0.6) is 0 Å². The Morgan fingerprint density at radius 3 is 2.62 bits per heavy atom. The van der Waals surface area contributed by atoms with Gasteiger partial charge in [0.25, 0.3) is 0 Å². The molecular weight excluding hydrogens is 549 g/mol. The van der Waals surface area contributed by atoms with Crippen LogP contribution in [-0.2, 0) is 12.8 Å². The fraction of sp³-hybridized carbons (Fsp3) is 0.125. The average molecular weight is 574 g/mol. The van der Waals surface area contributed by atoms with E-state index in [2.05, 4.69) is 42.3 Å². The van der Waals surface area contributed by atoms with Gasteiger partial charge in [0.15, 0.2) is 22.9 Å². The lowest BCUT2D eigenvalue weighted by atomic mass is 10.0. The highest BCUT2D eigenvalue weighted by Gasteiger charge is 2.22. The molecule has 0 fully saturated rings. The number of aryl methyl sites for hydroxylation is 2. The largest absolute Gasteiger partial charge is 0.321 e. The van der Waals surface area contributed by atoms with Gasteiger partial charge in [-0.1, -0.05) is 30.3 Å². The van der Waals surface area contributed by atoms with Crippen LogP contribution in [-0.4, -0.2) is 40.9 Å². The topological polar surface area (TPSA) is 113 Å². The van der Waals surface area contributed by atoms with Crippen molar-refractivity contribution in [3.63, 3.8) is 0 Å². The van der Waals surface area contributed by atoms with E-state index in [1.807, 2.05) is 42.6 Å². The van der Waals surface area contributed by atoms with Crippen molar-refractivity contribution in [2.75, 3.05) is 0 Å². The molecule has 8 nitrogen and oxygen atoms in total. The van der Waals surface area contributed by atoms with Gasteiger partial charge < -0.3 is 4.98 Å². The predicted molar refractivity (Wildman–Crippen MR) is 162 cm³/mol. The van der Waals surface area contributed by atoms with Gasteiger partial charge in [-0.2, -0.15) is 5.10 Å². The Hall–Kier alpha value is -5.09. The third-order valence-electron chi connectivity index (χ3n) is 7.23. The maximum Gasteiger partial charge on any atom is 0.169 e. The van der Waals surface area contributed by atoms with Crippen LogP contribution in [0.15, 0.2) is 79.4 Å². The Balaban J connectivity index is 1.23. The molecular formula is C32H24FN7OS. The molecule has 42 heavy (non-hydrogen) atoms. The molecule has 6 heterocycles. The van der Waals surface area contributed by atoms with Crippen molar-refractivity contribution in [3.8, 4) is 33.1 Å². The van der Waals surface area contributed by atoms with Gasteiger partial charge in [-0.05, 0) is 61.6 Å². The summed E-state index contributed by atoms with van der Waals surface area (Å²) in [5, 5.41) is 7.44. The minimum atomic E-state index is -0.454. The number of aromatic amines is 2. The second-order valence-corrected chi connectivity index (χ2v) is 11.1. The Morgan fingerprint density at radius 2 is 1.79 bits per heavy atom. The summed E-state index contributed by atoms with van der Waals surface area (Å²) in [6, 6.07) is 17.9. The van der Waals surface area contributed by atoms with E-state index in [0.717, 1.165) is 35.3 Å². The van der Waals surface area contributed by atoms with Crippen molar-refractivity contribution >= 4 is 39.3 Å².